The van der Waals surface area contributed by atoms with Crippen LogP contribution in [0.5, 0.6) is 0 Å². The van der Waals surface area contributed by atoms with Gasteiger partial charge < -0.3 is 15.5 Å². The highest BCUT2D eigenvalue weighted by Crippen LogP contribution is 2.41. The quantitative estimate of drug-likeness (QED) is 0.209. The van der Waals surface area contributed by atoms with Gasteiger partial charge in [-0.25, -0.2) is 8.78 Å². The zero-order valence-corrected chi connectivity index (χ0v) is 30.0. The lowest BCUT2D eigenvalue weighted by atomic mass is 9.73. The van der Waals surface area contributed by atoms with Crippen molar-refractivity contribution in [1.29, 1.82) is 0 Å². The second-order valence-corrected chi connectivity index (χ2v) is 15.4. The Balaban J connectivity index is 1.52. The molecule has 4 N–H and O–H groups in total. The molecule has 270 valence electrons. The van der Waals surface area contributed by atoms with E-state index in [-0.39, 0.29) is 36.6 Å². The minimum absolute atomic E-state index is 0.104. The van der Waals surface area contributed by atoms with Crippen LogP contribution >= 0.6 is 0 Å². The van der Waals surface area contributed by atoms with Gasteiger partial charge in [0.25, 0.3) is 0 Å². The Labute approximate surface area is 287 Å². The van der Waals surface area contributed by atoms with E-state index < -0.39 is 41.3 Å². The van der Waals surface area contributed by atoms with E-state index in [9.17, 15) is 18.8 Å². The third-order valence-electron chi connectivity index (χ3n) is 11.0. The van der Waals surface area contributed by atoms with Crippen LogP contribution in [0.1, 0.15) is 130 Å². The highest BCUT2D eigenvalue weighted by Gasteiger charge is 2.48. The smallest absolute Gasteiger partial charge is 0.243 e. The zero-order chi connectivity index (χ0) is 34.8. The van der Waals surface area contributed by atoms with Crippen LogP contribution in [-0.2, 0) is 19.9 Å². The summed E-state index contributed by atoms with van der Waals surface area (Å²) in [5.74, 6) is -1.19. The number of nitrogens with one attached hydrogen (secondary N) is 4. The topological polar surface area (TPSA) is 103 Å². The lowest BCUT2D eigenvalue weighted by Crippen LogP contribution is -2.58. The summed E-state index contributed by atoms with van der Waals surface area (Å²) in [6, 6.07) is 2.51. The fourth-order valence-electron chi connectivity index (χ4n) is 8.14. The summed E-state index contributed by atoms with van der Waals surface area (Å²) < 4.78 is 29.6. The molecule has 2 aliphatic heterocycles. The summed E-state index contributed by atoms with van der Waals surface area (Å²) in [7, 11) is 0. The first-order valence-electron chi connectivity index (χ1n) is 18.8. The average Bonchev–Trinajstić information content (AvgIpc) is 3.54. The highest BCUT2D eigenvalue weighted by atomic mass is 19.1. The first kappa shape index (κ1) is 38.2. The molecule has 1 aliphatic carbocycles. The van der Waals surface area contributed by atoms with Crippen molar-refractivity contribution in [3.05, 3.63) is 35.4 Å². The van der Waals surface area contributed by atoms with Crippen LogP contribution in [0.2, 0.25) is 0 Å². The number of carbonyl (C=O) groups excluding carboxylic acids is 3. The molecule has 5 atom stereocenters. The standard InChI is InChI=1S/C38H61F2N5O3/c1-25(2)17-20-34(46)43-32(23-35(47)45-21-13-12-16-33(45)26(3)4)37(48)42-27(5)36-41-24-38(44-36,30-19-18-29(39)22-31(30)40)28-14-10-8-6-7-9-11-15-28/h18-19,22,25-28,32-33,36,41,44H,6-17,20-21,23-24H2,1-5H3,(H,42,48)(H,43,46)/t27-,32-,33?,36?,38?/m0/s1. The maximum atomic E-state index is 15.5. The van der Waals surface area contributed by atoms with Crippen LogP contribution < -0.4 is 21.3 Å². The molecular weight excluding hydrogens is 612 g/mol. The maximum Gasteiger partial charge on any atom is 0.243 e. The second-order valence-electron chi connectivity index (χ2n) is 15.4. The normalized spacial score (nSPS) is 25.6. The molecule has 0 aromatic heterocycles. The number of likely N-dealkylation sites (tertiary alicyclic amines) is 1. The van der Waals surface area contributed by atoms with Gasteiger partial charge in [0.05, 0.1) is 24.2 Å². The van der Waals surface area contributed by atoms with Crippen molar-refractivity contribution in [3.63, 3.8) is 0 Å². The Morgan fingerprint density at radius 3 is 2.23 bits per heavy atom. The number of piperidine rings is 1. The van der Waals surface area contributed by atoms with Gasteiger partial charge in [-0.2, -0.15) is 0 Å². The lowest BCUT2D eigenvalue weighted by Gasteiger charge is -2.40. The van der Waals surface area contributed by atoms with Crippen LogP contribution in [0.3, 0.4) is 0 Å². The number of benzene rings is 1. The van der Waals surface area contributed by atoms with Gasteiger partial charge in [0.15, 0.2) is 0 Å². The van der Waals surface area contributed by atoms with Crippen molar-refractivity contribution < 1.29 is 23.2 Å². The Bertz CT molecular complexity index is 1220. The molecule has 3 aliphatic rings. The fourth-order valence-corrected chi connectivity index (χ4v) is 8.14. The Morgan fingerprint density at radius 2 is 1.58 bits per heavy atom. The van der Waals surface area contributed by atoms with Gasteiger partial charge in [0.2, 0.25) is 17.7 Å². The van der Waals surface area contributed by atoms with Crippen molar-refractivity contribution in [1.82, 2.24) is 26.2 Å². The van der Waals surface area contributed by atoms with Crippen LogP contribution in [0.15, 0.2) is 18.2 Å². The predicted molar refractivity (Wildman–Crippen MR) is 186 cm³/mol. The van der Waals surface area contributed by atoms with Gasteiger partial charge in [-0.3, -0.25) is 25.0 Å². The molecule has 1 aromatic carbocycles. The Hall–Kier alpha value is -2.59. The second kappa shape index (κ2) is 17.9. The van der Waals surface area contributed by atoms with Gasteiger partial charge in [-0.15, -0.1) is 0 Å². The van der Waals surface area contributed by atoms with Crippen molar-refractivity contribution >= 4 is 17.7 Å². The summed E-state index contributed by atoms with van der Waals surface area (Å²) in [6.07, 6.45) is 12.0. The molecule has 3 unspecified atom stereocenters. The highest BCUT2D eigenvalue weighted by molar-refractivity contribution is 5.92. The minimum atomic E-state index is -1.01. The maximum absolute atomic E-state index is 15.5. The molecule has 3 amide bonds. The number of halogens is 2. The van der Waals surface area contributed by atoms with Gasteiger partial charge in [0.1, 0.15) is 17.7 Å². The van der Waals surface area contributed by atoms with Crippen LogP contribution in [0.25, 0.3) is 0 Å². The van der Waals surface area contributed by atoms with E-state index in [1.807, 2.05) is 25.7 Å². The molecule has 1 aromatic rings. The lowest BCUT2D eigenvalue weighted by molar-refractivity contribution is -0.140. The Morgan fingerprint density at radius 1 is 0.917 bits per heavy atom. The molecule has 48 heavy (non-hydrogen) atoms. The van der Waals surface area contributed by atoms with Gasteiger partial charge in [0, 0.05) is 37.2 Å². The molecule has 3 fully saturated rings. The van der Waals surface area contributed by atoms with E-state index in [2.05, 4.69) is 35.1 Å². The van der Waals surface area contributed by atoms with Crippen molar-refractivity contribution in [3.8, 4) is 0 Å². The number of nitrogens with zero attached hydrogens (tertiary/aromatic N) is 1. The van der Waals surface area contributed by atoms with E-state index in [4.69, 9.17) is 0 Å². The monoisotopic (exact) mass is 673 g/mol. The number of hydrogen-bond donors (Lipinski definition) is 4. The van der Waals surface area contributed by atoms with Gasteiger partial charge in [-0.05, 0) is 69.3 Å². The average molecular weight is 674 g/mol. The number of hydrogen-bond acceptors (Lipinski definition) is 5. The van der Waals surface area contributed by atoms with E-state index in [0.29, 0.717) is 36.9 Å². The van der Waals surface area contributed by atoms with Crippen molar-refractivity contribution in [2.45, 2.75) is 154 Å². The minimum Gasteiger partial charge on any atom is -0.349 e. The van der Waals surface area contributed by atoms with E-state index in [1.165, 1.54) is 18.9 Å². The third kappa shape index (κ3) is 9.99. The molecule has 10 heteroatoms. The van der Waals surface area contributed by atoms with Gasteiger partial charge in [-0.1, -0.05) is 72.3 Å². The number of carbonyl (C=O) groups is 3. The van der Waals surface area contributed by atoms with Crippen LogP contribution in [0, 0.1) is 29.4 Å². The van der Waals surface area contributed by atoms with E-state index in [1.54, 1.807) is 6.07 Å². The van der Waals surface area contributed by atoms with E-state index >= 15 is 4.39 Å². The molecular formula is C38H61F2N5O3. The molecule has 0 radical (unpaired) electrons. The van der Waals surface area contributed by atoms with Crippen molar-refractivity contribution in [2.24, 2.45) is 17.8 Å². The first-order valence-corrected chi connectivity index (χ1v) is 18.8. The van der Waals surface area contributed by atoms with Crippen LogP contribution in [0.4, 0.5) is 8.78 Å². The predicted octanol–water partition coefficient (Wildman–Crippen LogP) is 6.28. The molecule has 2 saturated heterocycles. The Kier molecular flexibility index (Phi) is 14.2. The number of amides is 3. The fraction of sp³-hybridized carbons (Fsp3) is 0.763. The summed E-state index contributed by atoms with van der Waals surface area (Å²) in [4.78, 5) is 42.5. The van der Waals surface area contributed by atoms with Gasteiger partial charge >= 0.3 is 0 Å². The summed E-state index contributed by atoms with van der Waals surface area (Å²) >= 11 is 0. The van der Waals surface area contributed by atoms with Crippen molar-refractivity contribution in [2.75, 3.05) is 13.1 Å². The summed E-state index contributed by atoms with van der Waals surface area (Å²) in [5.41, 5.74) is -0.324. The summed E-state index contributed by atoms with van der Waals surface area (Å²) in [5, 5.41) is 13.2. The zero-order valence-electron chi connectivity index (χ0n) is 30.0. The molecule has 0 spiro atoms. The largest absolute Gasteiger partial charge is 0.349 e. The molecule has 1 saturated carbocycles. The first-order chi connectivity index (χ1) is 22.9. The SMILES string of the molecule is CC(C)CCC(=O)N[C@@H](CC(=O)N1CCCCC1C(C)C)C(=O)N[C@@H](C)C1NCC(c2ccc(F)cc2F)(C2CCCCCCCC2)N1. The summed E-state index contributed by atoms with van der Waals surface area (Å²) in [6.45, 7) is 11.3. The van der Waals surface area contributed by atoms with E-state index in [0.717, 1.165) is 63.9 Å². The molecule has 0 bridgehead atoms. The third-order valence-corrected chi connectivity index (χ3v) is 11.0. The van der Waals surface area contributed by atoms with Crippen LogP contribution in [-0.4, -0.2) is 60.0 Å². The molecule has 8 nitrogen and oxygen atoms in total. The molecule has 4 rings (SSSR count). The number of rotatable bonds is 12. The molecule has 2 heterocycles.